The highest BCUT2D eigenvalue weighted by atomic mass is 16.5. The molecule has 1 fully saturated rings. The van der Waals surface area contributed by atoms with Crippen LogP contribution in [0.2, 0.25) is 0 Å². The van der Waals surface area contributed by atoms with E-state index >= 15 is 0 Å². The maximum Gasteiger partial charge on any atom is 0.258 e. The Bertz CT molecular complexity index is 1100. The van der Waals surface area contributed by atoms with Gasteiger partial charge in [-0.05, 0) is 55.5 Å². The molecule has 2 aromatic heterocycles. The Morgan fingerprint density at radius 1 is 1.16 bits per heavy atom. The summed E-state index contributed by atoms with van der Waals surface area (Å²) >= 11 is 0. The Labute approximate surface area is 189 Å². The van der Waals surface area contributed by atoms with E-state index in [0.29, 0.717) is 23.8 Å². The van der Waals surface area contributed by atoms with Crippen molar-refractivity contribution in [1.82, 2.24) is 19.9 Å². The Hall–Kier alpha value is -3.48. The molecule has 3 aromatic rings. The van der Waals surface area contributed by atoms with Gasteiger partial charge in [-0.15, -0.1) is 0 Å². The average Bonchev–Trinajstić information content (AvgIpc) is 2.83. The van der Waals surface area contributed by atoms with Gasteiger partial charge in [0.15, 0.2) is 0 Å². The largest absolute Gasteiger partial charge is 0.496 e. The van der Waals surface area contributed by atoms with Gasteiger partial charge in [0.05, 0.1) is 24.4 Å². The third kappa shape index (κ3) is 4.15. The van der Waals surface area contributed by atoms with Crippen LogP contribution in [0, 0.1) is 6.92 Å². The van der Waals surface area contributed by atoms with E-state index in [0.717, 1.165) is 41.6 Å². The standard InChI is InChI=1S/C25H29N5O2/c1-17-8-7-9-19(23(17)32-4)24(31)30-15-6-5-10-21(30)22-20(18-11-13-26-14-12-18)16-27-25(28-22)29(2)3/h7-9,11-14,16,21H,5-6,10,15H2,1-4H3/t21-/m0/s1. The summed E-state index contributed by atoms with van der Waals surface area (Å²) in [5, 5.41) is 0. The number of rotatable bonds is 5. The van der Waals surface area contributed by atoms with E-state index < -0.39 is 0 Å². The monoisotopic (exact) mass is 431 g/mol. The summed E-state index contributed by atoms with van der Waals surface area (Å²) in [7, 11) is 5.46. The van der Waals surface area contributed by atoms with Crippen molar-refractivity contribution in [1.29, 1.82) is 0 Å². The predicted octanol–water partition coefficient (Wildman–Crippen LogP) is 4.29. The molecular formula is C25H29N5O2. The Kier molecular flexibility index (Phi) is 6.35. The summed E-state index contributed by atoms with van der Waals surface area (Å²) in [4.78, 5) is 31.2. The number of hydrogen-bond donors (Lipinski definition) is 0. The molecule has 0 saturated carbocycles. The number of carbonyl (C=O) groups is 1. The second kappa shape index (κ2) is 9.34. The number of nitrogens with zero attached hydrogens (tertiary/aromatic N) is 5. The third-order valence-corrected chi connectivity index (χ3v) is 5.92. The number of carbonyl (C=O) groups excluding carboxylic acids is 1. The number of para-hydroxylation sites is 1. The minimum atomic E-state index is -0.147. The molecule has 1 amide bonds. The molecule has 3 heterocycles. The number of aromatic nitrogens is 3. The van der Waals surface area contributed by atoms with Crippen LogP contribution in [0.25, 0.3) is 11.1 Å². The first-order valence-electron chi connectivity index (χ1n) is 10.9. The van der Waals surface area contributed by atoms with Crippen LogP contribution < -0.4 is 9.64 Å². The van der Waals surface area contributed by atoms with E-state index in [1.165, 1.54) is 0 Å². The van der Waals surface area contributed by atoms with Gasteiger partial charge in [-0.2, -0.15) is 0 Å². The number of hydrogen-bond acceptors (Lipinski definition) is 6. The van der Waals surface area contributed by atoms with Crippen LogP contribution in [-0.4, -0.2) is 53.5 Å². The van der Waals surface area contributed by atoms with Gasteiger partial charge < -0.3 is 14.5 Å². The molecule has 166 valence electrons. The van der Waals surface area contributed by atoms with Crippen LogP contribution in [0.4, 0.5) is 5.95 Å². The Morgan fingerprint density at radius 3 is 2.66 bits per heavy atom. The topological polar surface area (TPSA) is 71.5 Å². The number of aryl methyl sites for hydroxylation is 1. The summed E-state index contributed by atoms with van der Waals surface area (Å²) in [5.74, 6) is 1.23. The van der Waals surface area contributed by atoms with E-state index in [1.54, 1.807) is 19.5 Å². The highest BCUT2D eigenvalue weighted by molar-refractivity contribution is 5.97. The highest BCUT2D eigenvalue weighted by Crippen LogP contribution is 2.38. The third-order valence-electron chi connectivity index (χ3n) is 5.92. The Balaban J connectivity index is 1.81. The first-order chi connectivity index (χ1) is 15.5. The maximum atomic E-state index is 13.8. The fourth-order valence-electron chi connectivity index (χ4n) is 4.31. The first-order valence-corrected chi connectivity index (χ1v) is 10.9. The molecule has 0 radical (unpaired) electrons. The molecule has 0 aliphatic carbocycles. The first kappa shape index (κ1) is 21.7. The van der Waals surface area contributed by atoms with Crippen molar-refractivity contribution in [3.63, 3.8) is 0 Å². The van der Waals surface area contributed by atoms with Crippen molar-refractivity contribution >= 4 is 11.9 Å². The number of pyridine rings is 1. The van der Waals surface area contributed by atoms with E-state index in [9.17, 15) is 4.79 Å². The summed E-state index contributed by atoms with van der Waals surface area (Å²) in [5.41, 5.74) is 4.33. The molecule has 0 N–H and O–H groups in total. The van der Waals surface area contributed by atoms with E-state index in [2.05, 4.69) is 9.97 Å². The van der Waals surface area contributed by atoms with E-state index in [4.69, 9.17) is 9.72 Å². The predicted molar refractivity (Wildman–Crippen MR) is 125 cm³/mol. The second-order valence-corrected chi connectivity index (χ2v) is 8.27. The zero-order valence-corrected chi connectivity index (χ0v) is 19.1. The summed E-state index contributed by atoms with van der Waals surface area (Å²) in [6.45, 7) is 2.64. The van der Waals surface area contributed by atoms with Crippen molar-refractivity contribution in [3.8, 4) is 16.9 Å². The van der Waals surface area contributed by atoms with Gasteiger partial charge in [-0.1, -0.05) is 12.1 Å². The summed E-state index contributed by atoms with van der Waals surface area (Å²) in [6, 6.07) is 9.47. The maximum absolute atomic E-state index is 13.8. The summed E-state index contributed by atoms with van der Waals surface area (Å²) in [6.07, 6.45) is 8.24. The Morgan fingerprint density at radius 2 is 1.94 bits per heavy atom. The molecule has 7 heteroatoms. The SMILES string of the molecule is COc1c(C)cccc1C(=O)N1CCCC[C@H]1c1nc(N(C)C)ncc1-c1ccncc1. The normalized spacial score (nSPS) is 16.0. The lowest BCUT2D eigenvalue weighted by Crippen LogP contribution is -2.39. The molecule has 4 rings (SSSR count). The molecular weight excluding hydrogens is 402 g/mol. The number of methoxy groups -OCH3 is 1. The quantitative estimate of drug-likeness (QED) is 0.600. The van der Waals surface area contributed by atoms with Crippen LogP contribution in [0.3, 0.4) is 0 Å². The van der Waals surface area contributed by atoms with Crippen molar-refractivity contribution in [2.24, 2.45) is 0 Å². The minimum absolute atomic E-state index is 0.0269. The lowest BCUT2D eigenvalue weighted by molar-refractivity contribution is 0.0603. The van der Waals surface area contributed by atoms with E-state index in [-0.39, 0.29) is 11.9 Å². The number of ether oxygens (including phenoxy) is 1. The van der Waals surface area contributed by atoms with Gasteiger partial charge in [0, 0.05) is 44.8 Å². The lowest BCUT2D eigenvalue weighted by atomic mass is 9.93. The van der Waals surface area contributed by atoms with Crippen LogP contribution >= 0.6 is 0 Å². The van der Waals surface area contributed by atoms with Crippen LogP contribution in [0.5, 0.6) is 5.75 Å². The number of anilines is 1. The molecule has 1 aromatic carbocycles. The van der Waals surface area contributed by atoms with Gasteiger partial charge in [-0.3, -0.25) is 9.78 Å². The highest BCUT2D eigenvalue weighted by Gasteiger charge is 2.33. The lowest BCUT2D eigenvalue weighted by Gasteiger charge is -2.37. The molecule has 7 nitrogen and oxygen atoms in total. The van der Waals surface area contributed by atoms with Crippen molar-refractivity contribution in [2.45, 2.75) is 32.2 Å². The average molecular weight is 432 g/mol. The molecule has 0 bridgehead atoms. The van der Waals surface area contributed by atoms with E-state index in [1.807, 2.05) is 67.3 Å². The zero-order chi connectivity index (χ0) is 22.7. The summed E-state index contributed by atoms with van der Waals surface area (Å²) < 4.78 is 5.59. The van der Waals surface area contributed by atoms with Crippen molar-refractivity contribution in [2.75, 3.05) is 32.6 Å². The van der Waals surface area contributed by atoms with Crippen LogP contribution in [-0.2, 0) is 0 Å². The van der Waals surface area contributed by atoms with Gasteiger partial charge in [0.25, 0.3) is 5.91 Å². The van der Waals surface area contributed by atoms with Gasteiger partial charge in [-0.25, -0.2) is 9.97 Å². The number of benzene rings is 1. The molecule has 1 saturated heterocycles. The number of piperidine rings is 1. The molecule has 1 aliphatic heterocycles. The zero-order valence-electron chi connectivity index (χ0n) is 19.1. The van der Waals surface area contributed by atoms with Crippen molar-refractivity contribution in [3.05, 3.63) is 65.7 Å². The molecule has 1 atom stereocenters. The molecule has 0 unspecified atom stereocenters. The van der Waals surface area contributed by atoms with Gasteiger partial charge in [0.2, 0.25) is 5.95 Å². The molecule has 1 aliphatic rings. The second-order valence-electron chi connectivity index (χ2n) is 8.27. The smallest absolute Gasteiger partial charge is 0.258 e. The molecule has 0 spiro atoms. The van der Waals surface area contributed by atoms with Crippen LogP contribution in [0.1, 0.15) is 46.9 Å². The number of amides is 1. The van der Waals surface area contributed by atoms with Crippen LogP contribution in [0.15, 0.2) is 48.9 Å². The van der Waals surface area contributed by atoms with Gasteiger partial charge in [0.1, 0.15) is 5.75 Å². The fraction of sp³-hybridized carbons (Fsp3) is 0.360. The fourth-order valence-corrected chi connectivity index (χ4v) is 4.31. The van der Waals surface area contributed by atoms with Gasteiger partial charge >= 0.3 is 0 Å². The van der Waals surface area contributed by atoms with Crippen molar-refractivity contribution < 1.29 is 9.53 Å². The minimum Gasteiger partial charge on any atom is -0.496 e. The number of likely N-dealkylation sites (tertiary alicyclic amines) is 1. The molecule has 32 heavy (non-hydrogen) atoms.